The van der Waals surface area contributed by atoms with Crippen molar-refractivity contribution in [2.24, 2.45) is 0 Å². The molecule has 0 amide bonds. The average Bonchev–Trinajstić information content (AvgIpc) is 3.24. The number of hydrogen-bond acceptors (Lipinski definition) is 3. The molecule has 0 spiro atoms. The monoisotopic (exact) mass is 427 g/mol. The Morgan fingerprint density at radius 2 is 1.15 bits per heavy atom. The Balaban J connectivity index is 1.88. The minimum absolute atomic E-state index is 0.324. The smallest absolute Gasteiger partial charge is 0.138 e. The number of benzene rings is 3. The Kier molecular flexibility index (Phi) is 5.33. The highest BCUT2D eigenvalue weighted by molar-refractivity contribution is 6.58. The van der Waals surface area contributed by atoms with E-state index in [-0.39, 0.29) is 5.30 Å². The fourth-order valence-electron chi connectivity index (χ4n) is 4.47. The first-order chi connectivity index (χ1) is 16.0. The first-order valence-corrected chi connectivity index (χ1v) is 11.2. The van der Waals surface area contributed by atoms with Crippen LogP contribution in [-0.4, -0.2) is 43.6 Å². The topological polar surface area (TPSA) is 39.9 Å². The summed E-state index contributed by atoms with van der Waals surface area (Å²) in [6.45, 7) is 0. The van der Waals surface area contributed by atoms with Crippen LogP contribution < -0.4 is 4.74 Å². The maximum atomic E-state index is 6.16. The number of rotatable bonds is 6. The SMILES string of the molecule is BC(B)(B)Oc1cnc2cnn(C(c3ccccc3)(c3ccccc3)c3ccccc3)c2c1. The van der Waals surface area contributed by atoms with E-state index in [2.05, 4.69) is 82.5 Å². The van der Waals surface area contributed by atoms with Gasteiger partial charge in [-0.25, -0.2) is 9.67 Å². The summed E-state index contributed by atoms with van der Waals surface area (Å²) in [6.07, 6.45) is 3.61. The molecule has 0 bridgehead atoms. The second-order valence-electron chi connectivity index (χ2n) is 9.15. The van der Waals surface area contributed by atoms with Crippen LogP contribution in [0.3, 0.4) is 0 Å². The molecule has 0 aliphatic heterocycles. The summed E-state index contributed by atoms with van der Waals surface area (Å²) < 4.78 is 8.25. The Bertz CT molecular complexity index is 1270. The number of aromatic nitrogens is 3. The number of ether oxygens (including phenoxy) is 1. The van der Waals surface area contributed by atoms with Crippen LogP contribution in [0.15, 0.2) is 109 Å². The maximum absolute atomic E-state index is 6.16. The predicted molar refractivity (Wildman–Crippen MR) is 141 cm³/mol. The van der Waals surface area contributed by atoms with Crippen molar-refractivity contribution >= 4 is 34.6 Å². The Hall–Kier alpha value is -3.73. The van der Waals surface area contributed by atoms with Crippen molar-refractivity contribution in [2.75, 3.05) is 0 Å². The van der Waals surface area contributed by atoms with Crippen LogP contribution in [-0.2, 0) is 5.54 Å². The van der Waals surface area contributed by atoms with Crippen molar-refractivity contribution in [3.63, 3.8) is 0 Å². The molecule has 0 fully saturated rings. The third-order valence-corrected chi connectivity index (χ3v) is 5.71. The van der Waals surface area contributed by atoms with E-state index >= 15 is 0 Å². The van der Waals surface area contributed by atoms with E-state index in [4.69, 9.17) is 9.84 Å². The second-order valence-corrected chi connectivity index (χ2v) is 9.15. The summed E-state index contributed by atoms with van der Waals surface area (Å²) >= 11 is 0. The molecule has 0 unspecified atom stereocenters. The van der Waals surface area contributed by atoms with E-state index in [0.717, 1.165) is 33.5 Å². The van der Waals surface area contributed by atoms with Crippen molar-refractivity contribution in [1.82, 2.24) is 14.8 Å². The van der Waals surface area contributed by atoms with Crippen LogP contribution in [0, 0.1) is 0 Å². The molecule has 0 aliphatic rings. The summed E-state index contributed by atoms with van der Waals surface area (Å²) in [5.41, 5.74) is 4.41. The van der Waals surface area contributed by atoms with Gasteiger partial charge >= 0.3 is 0 Å². The van der Waals surface area contributed by atoms with Crippen molar-refractivity contribution in [2.45, 2.75) is 10.8 Å². The van der Waals surface area contributed by atoms with Gasteiger partial charge in [-0.1, -0.05) is 91.0 Å². The number of pyridine rings is 1. The Labute approximate surface area is 196 Å². The predicted octanol–water partition coefficient (Wildman–Crippen LogP) is 2.16. The highest BCUT2D eigenvalue weighted by Gasteiger charge is 2.40. The molecule has 4 nitrogen and oxygen atoms in total. The van der Waals surface area contributed by atoms with Crippen molar-refractivity contribution in [3.8, 4) is 5.75 Å². The fraction of sp³-hybridized carbons (Fsp3) is 0.0769. The van der Waals surface area contributed by atoms with Gasteiger partial charge in [0.2, 0.25) is 0 Å². The van der Waals surface area contributed by atoms with Crippen LogP contribution in [0.25, 0.3) is 11.0 Å². The zero-order chi connectivity index (χ0) is 22.9. The van der Waals surface area contributed by atoms with E-state index in [9.17, 15) is 0 Å². The van der Waals surface area contributed by atoms with Gasteiger partial charge in [0.1, 0.15) is 40.3 Å². The van der Waals surface area contributed by atoms with Crippen LogP contribution in [0.1, 0.15) is 16.7 Å². The minimum Gasteiger partial charge on any atom is -0.512 e. The van der Waals surface area contributed by atoms with Gasteiger partial charge in [-0.2, -0.15) is 5.10 Å². The van der Waals surface area contributed by atoms with Crippen LogP contribution in [0.5, 0.6) is 5.75 Å². The molecule has 5 aromatic rings. The van der Waals surface area contributed by atoms with Crippen LogP contribution >= 0.6 is 0 Å². The van der Waals surface area contributed by atoms with Crippen LogP contribution in [0.2, 0.25) is 0 Å². The van der Waals surface area contributed by atoms with Crippen LogP contribution in [0.4, 0.5) is 0 Å². The van der Waals surface area contributed by atoms with E-state index in [0.29, 0.717) is 0 Å². The van der Waals surface area contributed by atoms with Gasteiger partial charge < -0.3 is 4.74 Å². The molecule has 0 radical (unpaired) electrons. The second kappa shape index (κ2) is 8.32. The molecule has 2 heterocycles. The summed E-state index contributed by atoms with van der Waals surface area (Å²) in [7, 11) is 6.12. The van der Waals surface area contributed by atoms with Gasteiger partial charge in [0.15, 0.2) is 0 Å². The third-order valence-electron chi connectivity index (χ3n) is 5.71. The number of fused-ring (bicyclic) bond motifs is 1. The van der Waals surface area contributed by atoms with Gasteiger partial charge in [0.05, 0.1) is 17.9 Å². The van der Waals surface area contributed by atoms with E-state index in [1.54, 1.807) is 6.20 Å². The zero-order valence-corrected chi connectivity index (χ0v) is 19.1. The number of hydrogen-bond donors (Lipinski definition) is 0. The molecule has 0 atom stereocenters. The fourth-order valence-corrected chi connectivity index (χ4v) is 4.47. The number of nitrogens with zero attached hydrogens (tertiary/aromatic N) is 3. The molecule has 0 saturated carbocycles. The maximum Gasteiger partial charge on any atom is 0.138 e. The van der Waals surface area contributed by atoms with Gasteiger partial charge in [0, 0.05) is 11.4 Å². The van der Waals surface area contributed by atoms with E-state index in [1.807, 2.05) is 54.0 Å². The highest BCUT2D eigenvalue weighted by Crippen LogP contribution is 2.42. The quantitative estimate of drug-likeness (QED) is 0.308. The highest BCUT2D eigenvalue weighted by atomic mass is 16.5. The molecule has 0 saturated heterocycles. The van der Waals surface area contributed by atoms with Crippen molar-refractivity contribution < 1.29 is 4.74 Å². The molecule has 0 N–H and O–H groups in total. The molecule has 158 valence electrons. The summed E-state index contributed by atoms with van der Waals surface area (Å²) in [6, 6.07) is 33.6. The largest absolute Gasteiger partial charge is 0.512 e. The summed E-state index contributed by atoms with van der Waals surface area (Å²) in [5.74, 6) is 0.722. The summed E-state index contributed by atoms with van der Waals surface area (Å²) in [5, 5.41) is 4.61. The standard InChI is InChI=1S/C26H24B3N3O/c27-26(28,29)33-22-16-24-23(30-17-22)18-31-32(24)25(19-10-4-1-5-11-19,20-12-6-2-7-13-20)21-14-8-3-9-15-21/h1-18H,27-29H2. The van der Waals surface area contributed by atoms with Crippen molar-refractivity contribution in [1.29, 1.82) is 0 Å². The lowest BCUT2D eigenvalue weighted by atomic mass is 9.52. The molecule has 5 rings (SSSR count). The zero-order valence-electron chi connectivity index (χ0n) is 19.1. The Morgan fingerprint density at radius 3 is 1.61 bits per heavy atom. The van der Waals surface area contributed by atoms with Gasteiger partial charge in [-0.3, -0.25) is 0 Å². The van der Waals surface area contributed by atoms with Gasteiger partial charge in [0.25, 0.3) is 0 Å². The Morgan fingerprint density at radius 1 is 0.667 bits per heavy atom. The normalized spacial score (nSPS) is 12.0. The molecule has 2 aromatic heterocycles. The van der Waals surface area contributed by atoms with Gasteiger partial charge in [-0.15, -0.1) is 0 Å². The molecule has 33 heavy (non-hydrogen) atoms. The molecule has 3 aromatic carbocycles. The van der Waals surface area contributed by atoms with Crippen molar-refractivity contribution in [3.05, 3.63) is 126 Å². The summed E-state index contributed by atoms with van der Waals surface area (Å²) in [4.78, 5) is 4.67. The molecule has 7 heteroatoms. The molecule has 0 aliphatic carbocycles. The molecular formula is C26H24B3N3O. The minimum atomic E-state index is -0.687. The lowest BCUT2D eigenvalue weighted by Crippen LogP contribution is -2.39. The van der Waals surface area contributed by atoms with E-state index in [1.165, 1.54) is 0 Å². The average molecular weight is 427 g/mol. The molecular weight excluding hydrogens is 403 g/mol. The lowest BCUT2D eigenvalue weighted by Gasteiger charge is -2.37. The van der Waals surface area contributed by atoms with Gasteiger partial charge in [-0.05, 0) is 16.7 Å². The first-order valence-electron chi connectivity index (χ1n) is 11.2. The third kappa shape index (κ3) is 3.84. The lowest BCUT2D eigenvalue weighted by molar-refractivity contribution is 0.317. The first kappa shape index (κ1) is 21.1. The van der Waals surface area contributed by atoms with E-state index < -0.39 is 5.54 Å².